The summed E-state index contributed by atoms with van der Waals surface area (Å²) in [5, 5.41) is 2.99. The van der Waals surface area contributed by atoms with Crippen molar-refractivity contribution in [2.45, 2.75) is 25.4 Å². The molecule has 1 atom stereocenters. The molecule has 0 spiro atoms. The molecule has 1 fully saturated rings. The number of ketones is 1. The lowest BCUT2D eigenvalue weighted by molar-refractivity contribution is -0.136. The summed E-state index contributed by atoms with van der Waals surface area (Å²) < 4.78 is 13.4. The summed E-state index contributed by atoms with van der Waals surface area (Å²) in [4.78, 5) is 53.6. The Labute approximate surface area is 169 Å². The zero-order valence-corrected chi connectivity index (χ0v) is 15.7. The van der Waals surface area contributed by atoms with Crippen molar-refractivity contribution in [3.05, 3.63) is 70.7 Å². The molecule has 3 heterocycles. The van der Waals surface area contributed by atoms with Crippen molar-refractivity contribution < 1.29 is 23.6 Å². The van der Waals surface area contributed by atoms with E-state index >= 15 is 0 Å². The third-order valence-electron chi connectivity index (χ3n) is 5.61. The maximum absolute atomic E-state index is 13.4. The molecule has 30 heavy (non-hydrogen) atoms. The van der Waals surface area contributed by atoms with Crippen LogP contribution in [0.15, 0.2) is 42.5 Å². The third-order valence-corrected chi connectivity index (χ3v) is 5.61. The Hall–Kier alpha value is -3.81. The number of rotatable bonds is 3. The molecule has 0 saturated carbocycles. The number of amides is 3. The lowest BCUT2D eigenvalue weighted by atomic mass is 10.0. The monoisotopic (exact) mass is 405 g/mol. The Morgan fingerprint density at radius 1 is 1.07 bits per heavy atom. The standard InChI is InChI=1S/C22H16FN3O4/c23-14-3-1-11-8-17(24-16(11)9-14)20(28)12-2-4-15-13(7-12)10-26(22(15)30)18-5-6-19(27)25-21(18)29/h1-4,7-9,18,24H,5-6,10H2,(H,25,27,29). The van der Waals surface area contributed by atoms with E-state index in [0.717, 1.165) is 5.39 Å². The van der Waals surface area contributed by atoms with Gasteiger partial charge in [0.2, 0.25) is 17.6 Å². The summed E-state index contributed by atoms with van der Waals surface area (Å²) in [5.74, 6) is -1.78. The predicted molar refractivity (Wildman–Crippen MR) is 104 cm³/mol. The Balaban J connectivity index is 1.42. The fraction of sp³-hybridized carbons (Fsp3) is 0.182. The SMILES string of the molecule is O=C1CCC(N2Cc3cc(C(=O)c4cc5ccc(F)cc5[nH]4)ccc3C2=O)C(=O)N1. The molecule has 3 aromatic rings. The molecule has 2 N–H and O–H groups in total. The van der Waals surface area contributed by atoms with Crippen LogP contribution in [0.25, 0.3) is 10.9 Å². The van der Waals surface area contributed by atoms with Crippen LogP contribution in [0.1, 0.15) is 44.8 Å². The largest absolute Gasteiger partial charge is 0.352 e. The smallest absolute Gasteiger partial charge is 0.255 e. The average Bonchev–Trinajstić information content (AvgIpc) is 3.28. The zero-order valence-electron chi connectivity index (χ0n) is 15.7. The highest BCUT2D eigenvalue weighted by Crippen LogP contribution is 2.29. The second kappa shape index (κ2) is 6.62. The minimum Gasteiger partial charge on any atom is -0.352 e. The minimum atomic E-state index is -0.703. The first kappa shape index (κ1) is 18.2. The van der Waals surface area contributed by atoms with Gasteiger partial charge in [-0.05, 0) is 48.4 Å². The van der Waals surface area contributed by atoms with Crippen LogP contribution in [-0.2, 0) is 16.1 Å². The number of fused-ring (bicyclic) bond motifs is 2. The van der Waals surface area contributed by atoms with E-state index in [-0.39, 0.29) is 37.0 Å². The van der Waals surface area contributed by atoms with Gasteiger partial charge in [-0.1, -0.05) is 6.07 Å². The van der Waals surface area contributed by atoms with Gasteiger partial charge in [0, 0.05) is 35.0 Å². The highest BCUT2D eigenvalue weighted by atomic mass is 19.1. The number of aromatic amines is 1. The molecule has 2 aliphatic heterocycles. The van der Waals surface area contributed by atoms with Gasteiger partial charge in [-0.25, -0.2) is 4.39 Å². The first-order chi connectivity index (χ1) is 14.4. The zero-order chi connectivity index (χ0) is 21.0. The van der Waals surface area contributed by atoms with Gasteiger partial charge in [0.1, 0.15) is 11.9 Å². The van der Waals surface area contributed by atoms with E-state index in [1.807, 2.05) is 0 Å². The topological polar surface area (TPSA) is 99.3 Å². The minimum absolute atomic E-state index is 0.182. The van der Waals surface area contributed by atoms with Gasteiger partial charge in [-0.3, -0.25) is 24.5 Å². The van der Waals surface area contributed by atoms with Crippen LogP contribution in [-0.4, -0.2) is 39.4 Å². The molecule has 2 aromatic carbocycles. The van der Waals surface area contributed by atoms with Gasteiger partial charge >= 0.3 is 0 Å². The maximum Gasteiger partial charge on any atom is 0.255 e. The molecule has 0 radical (unpaired) electrons. The number of carbonyl (C=O) groups excluding carboxylic acids is 4. The summed E-state index contributed by atoms with van der Waals surface area (Å²) in [6, 6.07) is 10.00. The number of benzene rings is 2. The molecule has 1 saturated heterocycles. The van der Waals surface area contributed by atoms with Gasteiger partial charge in [-0.15, -0.1) is 0 Å². The lowest BCUT2D eigenvalue weighted by Gasteiger charge is -2.29. The number of imide groups is 1. The second-order valence-electron chi connectivity index (χ2n) is 7.52. The van der Waals surface area contributed by atoms with Crippen LogP contribution >= 0.6 is 0 Å². The Bertz CT molecular complexity index is 1260. The predicted octanol–water partition coefficient (Wildman–Crippen LogP) is 2.30. The van der Waals surface area contributed by atoms with Crippen LogP contribution in [0.4, 0.5) is 4.39 Å². The summed E-state index contributed by atoms with van der Waals surface area (Å²) >= 11 is 0. The fourth-order valence-corrected chi connectivity index (χ4v) is 4.09. The first-order valence-electron chi connectivity index (χ1n) is 9.51. The van der Waals surface area contributed by atoms with Crippen molar-refractivity contribution in [1.82, 2.24) is 15.2 Å². The van der Waals surface area contributed by atoms with Crippen LogP contribution in [0.5, 0.6) is 0 Å². The van der Waals surface area contributed by atoms with Crippen molar-refractivity contribution in [2.24, 2.45) is 0 Å². The van der Waals surface area contributed by atoms with Gasteiger partial charge in [0.25, 0.3) is 5.91 Å². The quantitative estimate of drug-likeness (QED) is 0.516. The van der Waals surface area contributed by atoms with E-state index in [4.69, 9.17) is 0 Å². The molecular weight excluding hydrogens is 389 g/mol. The number of aromatic nitrogens is 1. The van der Waals surface area contributed by atoms with Crippen LogP contribution in [0.3, 0.4) is 0 Å². The van der Waals surface area contributed by atoms with E-state index in [9.17, 15) is 23.6 Å². The van der Waals surface area contributed by atoms with E-state index in [0.29, 0.717) is 27.9 Å². The van der Waals surface area contributed by atoms with Crippen LogP contribution < -0.4 is 5.32 Å². The summed E-state index contributed by atoms with van der Waals surface area (Å²) in [7, 11) is 0. The average molecular weight is 405 g/mol. The number of hydrogen-bond donors (Lipinski definition) is 2. The highest BCUT2D eigenvalue weighted by Gasteiger charge is 2.39. The molecule has 3 amide bonds. The van der Waals surface area contributed by atoms with Crippen molar-refractivity contribution in [3.63, 3.8) is 0 Å². The van der Waals surface area contributed by atoms with Crippen molar-refractivity contribution >= 4 is 34.4 Å². The number of halogens is 1. The second-order valence-corrected chi connectivity index (χ2v) is 7.52. The van der Waals surface area contributed by atoms with Gasteiger partial charge in [-0.2, -0.15) is 0 Å². The van der Waals surface area contributed by atoms with E-state index in [1.54, 1.807) is 30.3 Å². The van der Waals surface area contributed by atoms with E-state index < -0.39 is 17.8 Å². The van der Waals surface area contributed by atoms with E-state index in [1.165, 1.54) is 17.0 Å². The van der Waals surface area contributed by atoms with Crippen molar-refractivity contribution in [2.75, 3.05) is 0 Å². The number of H-pyrrole nitrogens is 1. The maximum atomic E-state index is 13.4. The molecule has 150 valence electrons. The Kier molecular flexibility index (Phi) is 4.02. The summed E-state index contributed by atoms with van der Waals surface area (Å²) in [6.07, 6.45) is 0.461. The van der Waals surface area contributed by atoms with Crippen molar-refractivity contribution in [1.29, 1.82) is 0 Å². The Morgan fingerprint density at radius 2 is 1.90 bits per heavy atom. The van der Waals surface area contributed by atoms with Gasteiger partial charge in [0.05, 0.1) is 5.69 Å². The number of carbonyl (C=O) groups is 4. The molecule has 1 unspecified atom stereocenters. The Morgan fingerprint density at radius 3 is 2.70 bits per heavy atom. The van der Waals surface area contributed by atoms with Gasteiger partial charge in [0.15, 0.2) is 0 Å². The molecule has 5 rings (SSSR count). The molecule has 1 aromatic heterocycles. The third kappa shape index (κ3) is 2.88. The molecule has 0 aliphatic carbocycles. The molecule has 8 heteroatoms. The number of piperidine rings is 1. The normalized spacial score (nSPS) is 18.6. The summed E-state index contributed by atoms with van der Waals surface area (Å²) in [6.45, 7) is 0.194. The first-order valence-corrected chi connectivity index (χ1v) is 9.51. The molecule has 7 nitrogen and oxygen atoms in total. The number of hydrogen-bond acceptors (Lipinski definition) is 4. The summed E-state index contributed by atoms with van der Waals surface area (Å²) in [5.41, 5.74) is 2.33. The number of nitrogens with zero attached hydrogens (tertiary/aromatic N) is 1. The fourth-order valence-electron chi connectivity index (χ4n) is 4.09. The van der Waals surface area contributed by atoms with Crippen LogP contribution in [0.2, 0.25) is 0 Å². The van der Waals surface area contributed by atoms with E-state index in [2.05, 4.69) is 10.3 Å². The number of nitrogens with one attached hydrogen (secondary N) is 2. The molecular formula is C22H16FN3O4. The van der Waals surface area contributed by atoms with Crippen LogP contribution in [0, 0.1) is 5.82 Å². The van der Waals surface area contributed by atoms with Crippen molar-refractivity contribution in [3.8, 4) is 0 Å². The lowest BCUT2D eigenvalue weighted by Crippen LogP contribution is -2.52. The molecule has 2 aliphatic rings. The molecule has 0 bridgehead atoms. The highest BCUT2D eigenvalue weighted by molar-refractivity contribution is 6.11. The van der Waals surface area contributed by atoms with Gasteiger partial charge < -0.3 is 9.88 Å².